The van der Waals surface area contributed by atoms with E-state index in [0.29, 0.717) is 6.42 Å². The molecule has 3 nitrogen and oxygen atoms in total. The Morgan fingerprint density at radius 3 is 2.76 bits per heavy atom. The first-order chi connectivity index (χ1) is 8.03. The first-order valence-electron chi connectivity index (χ1n) is 5.67. The molecular formula is C13H12BrNO2. The fourth-order valence-electron chi connectivity index (χ4n) is 2.99. The maximum Gasteiger partial charge on any atom is 0.237 e. The Kier molecular flexibility index (Phi) is 2.20. The van der Waals surface area contributed by atoms with E-state index >= 15 is 0 Å². The molecule has 1 aliphatic heterocycles. The molecule has 1 aromatic carbocycles. The maximum absolute atomic E-state index is 12.0. The number of aryl methyl sites for hydroxylation is 1. The van der Waals surface area contributed by atoms with Crippen LogP contribution in [0.3, 0.4) is 0 Å². The van der Waals surface area contributed by atoms with E-state index in [1.165, 1.54) is 5.56 Å². The number of hydrogen-bond donors (Lipinski definition) is 1. The van der Waals surface area contributed by atoms with Crippen molar-refractivity contribution >= 4 is 27.7 Å². The third-order valence-corrected chi connectivity index (χ3v) is 4.51. The van der Waals surface area contributed by atoms with Crippen molar-refractivity contribution in [3.05, 3.63) is 33.3 Å². The second-order valence-corrected chi connectivity index (χ2v) is 5.76. The summed E-state index contributed by atoms with van der Waals surface area (Å²) in [6.07, 6.45) is 1.90. The second-order valence-electron chi connectivity index (χ2n) is 4.91. The Morgan fingerprint density at radius 2 is 2.12 bits per heavy atom. The predicted molar refractivity (Wildman–Crippen MR) is 66.6 cm³/mol. The molecule has 1 N–H and O–H groups in total. The van der Waals surface area contributed by atoms with Gasteiger partial charge in [-0.15, -0.1) is 0 Å². The molecule has 3 rings (SSSR count). The molecule has 88 valence electrons. The molecule has 17 heavy (non-hydrogen) atoms. The Morgan fingerprint density at radius 1 is 1.35 bits per heavy atom. The Hall–Kier alpha value is -1.16. The maximum atomic E-state index is 12.0. The van der Waals surface area contributed by atoms with E-state index in [0.717, 1.165) is 28.4 Å². The highest BCUT2D eigenvalue weighted by molar-refractivity contribution is 9.10. The fraction of sp³-hybridized carbons (Fsp3) is 0.385. The summed E-state index contributed by atoms with van der Waals surface area (Å²) in [4.78, 5) is 23.5. The number of halogens is 1. The van der Waals surface area contributed by atoms with E-state index in [2.05, 4.69) is 27.3 Å². The number of fused-ring (bicyclic) bond motifs is 2. The number of amides is 2. The second kappa shape index (κ2) is 3.42. The van der Waals surface area contributed by atoms with Gasteiger partial charge in [0.15, 0.2) is 0 Å². The van der Waals surface area contributed by atoms with E-state index in [1.807, 2.05) is 13.0 Å². The first-order valence-corrected chi connectivity index (χ1v) is 6.46. The first kappa shape index (κ1) is 11.0. The van der Waals surface area contributed by atoms with E-state index in [4.69, 9.17) is 0 Å². The Balaban J connectivity index is 2.22. The molecule has 1 spiro atoms. The van der Waals surface area contributed by atoms with Crippen molar-refractivity contribution in [2.75, 3.05) is 0 Å². The Labute approximate surface area is 108 Å². The van der Waals surface area contributed by atoms with Gasteiger partial charge in [-0.05, 0) is 42.5 Å². The molecule has 0 radical (unpaired) electrons. The van der Waals surface area contributed by atoms with Crippen molar-refractivity contribution in [1.29, 1.82) is 0 Å². The van der Waals surface area contributed by atoms with E-state index in [-0.39, 0.29) is 11.8 Å². The summed E-state index contributed by atoms with van der Waals surface area (Å²) < 4.78 is 1.05. The largest absolute Gasteiger partial charge is 0.296 e. The molecule has 1 atom stereocenters. The summed E-state index contributed by atoms with van der Waals surface area (Å²) in [6, 6.07) is 4.11. The number of carbonyl (C=O) groups is 2. The van der Waals surface area contributed by atoms with E-state index in [9.17, 15) is 9.59 Å². The quantitative estimate of drug-likeness (QED) is 0.744. The zero-order valence-electron chi connectivity index (χ0n) is 9.47. The SMILES string of the molecule is Cc1cc(Br)c2c(c1)C1(CC2)CC(=O)NC1=O. The van der Waals surface area contributed by atoms with Crippen LogP contribution in [0.5, 0.6) is 0 Å². The van der Waals surface area contributed by atoms with Crippen LogP contribution in [0.4, 0.5) is 0 Å². The van der Waals surface area contributed by atoms with Crippen LogP contribution in [-0.2, 0) is 21.4 Å². The van der Waals surface area contributed by atoms with Crippen LogP contribution >= 0.6 is 15.9 Å². The van der Waals surface area contributed by atoms with Crippen molar-refractivity contribution in [3.8, 4) is 0 Å². The van der Waals surface area contributed by atoms with Gasteiger partial charge in [-0.1, -0.05) is 22.0 Å². The zero-order chi connectivity index (χ0) is 12.2. The zero-order valence-corrected chi connectivity index (χ0v) is 11.1. The number of hydrogen-bond acceptors (Lipinski definition) is 2. The Bertz CT molecular complexity index is 553. The number of benzene rings is 1. The molecule has 0 bridgehead atoms. The molecule has 2 aliphatic rings. The molecule has 1 aliphatic carbocycles. The topological polar surface area (TPSA) is 46.2 Å². The van der Waals surface area contributed by atoms with Crippen molar-refractivity contribution in [2.24, 2.45) is 0 Å². The lowest BCUT2D eigenvalue weighted by Crippen LogP contribution is -2.33. The number of imide groups is 1. The van der Waals surface area contributed by atoms with Gasteiger partial charge in [-0.25, -0.2) is 0 Å². The lowest BCUT2D eigenvalue weighted by Gasteiger charge is -2.20. The van der Waals surface area contributed by atoms with E-state index in [1.54, 1.807) is 0 Å². The van der Waals surface area contributed by atoms with Gasteiger partial charge in [-0.2, -0.15) is 0 Å². The number of carbonyl (C=O) groups excluding carboxylic acids is 2. The van der Waals surface area contributed by atoms with Crippen LogP contribution in [0.25, 0.3) is 0 Å². The molecule has 1 heterocycles. The minimum absolute atomic E-state index is 0.126. The van der Waals surface area contributed by atoms with Crippen molar-refractivity contribution in [2.45, 2.75) is 31.6 Å². The lowest BCUT2D eigenvalue weighted by molar-refractivity contribution is -0.126. The lowest BCUT2D eigenvalue weighted by atomic mass is 9.80. The number of nitrogens with one attached hydrogen (secondary N) is 1. The molecule has 1 aromatic rings. The summed E-state index contributed by atoms with van der Waals surface area (Å²) in [5, 5.41) is 2.44. The molecule has 2 amide bonds. The molecule has 0 aromatic heterocycles. The predicted octanol–water partition coefficient (Wildman–Crippen LogP) is 1.99. The highest BCUT2D eigenvalue weighted by Gasteiger charge is 2.51. The van der Waals surface area contributed by atoms with Gasteiger partial charge in [-0.3, -0.25) is 14.9 Å². The molecule has 4 heteroatoms. The van der Waals surface area contributed by atoms with Crippen molar-refractivity contribution < 1.29 is 9.59 Å². The van der Waals surface area contributed by atoms with Gasteiger partial charge in [0.1, 0.15) is 0 Å². The normalized spacial score (nSPS) is 26.5. The monoisotopic (exact) mass is 293 g/mol. The van der Waals surface area contributed by atoms with Crippen molar-refractivity contribution in [3.63, 3.8) is 0 Å². The molecular weight excluding hydrogens is 282 g/mol. The van der Waals surface area contributed by atoms with E-state index < -0.39 is 5.41 Å². The minimum atomic E-state index is -0.596. The van der Waals surface area contributed by atoms with Crippen LogP contribution in [0.1, 0.15) is 29.5 Å². The van der Waals surface area contributed by atoms with Gasteiger partial charge in [0, 0.05) is 10.9 Å². The highest BCUT2D eigenvalue weighted by Crippen LogP contribution is 2.46. The molecule has 1 saturated heterocycles. The average Bonchev–Trinajstić information content (AvgIpc) is 2.71. The number of rotatable bonds is 0. The van der Waals surface area contributed by atoms with Gasteiger partial charge in [0.2, 0.25) is 11.8 Å². The molecule has 0 saturated carbocycles. The summed E-state index contributed by atoms with van der Waals surface area (Å²) in [6.45, 7) is 2.01. The van der Waals surface area contributed by atoms with Gasteiger partial charge in [0.25, 0.3) is 0 Å². The van der Waals surface area contributed by atoms with Crippen LogP contribution in [0, 0.1) is 6.92 Å². The molecule has 1 unspecified atom stereocenters. The molecule has 1 fully saturated rings. The van der Waals surface area contributed by atoms with Crippen LogP contribution < -0.4 is 5.32 Å². The summed E-state index contributed by atoms with van der Waals surface area (Å²) >= 11 is 3.55. The summed E-state index contributed by atoms with van der Waals surface area (Å²) in [7, 11) is 0. The van der Waals surface area contributed by atoms with Crippen LogP contribution in [-0.4, -0.2) is 11.8 Å². The van der Waals surface area contributed by atoms with Crippen molar-refractivity contribution in [1.82, 2.24) is 5.32 Å². The van der Waals surface area contributed by atoms with Crippen LogP contribution in [0.15, 0.2) is 16.6 Å². The smallest absolute Gasteiger partial charge is 0.237 e. The third kappa shape index (κ3) is 1.40. The summed E-state index contributed by atoms with van der Waals surface area (Å²) in [5.41, 5.74) is 2.73. The van der Waals surface area contributed by atoms with Crippen LogP contribution in [0.2, 0.25) is 0 Å². The summed E-state index contributed by atoms with van der Waals surface area (Å²) in [5.74, 6) is -0.278. The van der Waals surface area contributed by atoms with Gasteiger partial charge in [0.05, 0.1) is 5.41 Å². The van der Waals surface area contributed by atoms with Gasteiger partial charge < -0.3 is 0 Å². The fourth-order valence-corrected chi connectivity index (χ4v) is 3.76. The average molecular weight is 294 g/mol. The third-order valence-electron chi connectivity index (χ3n) is 3.81. The van der Waals surface area contributed by atoms with Gasteiger partial charge >= 0.3 is 0 Å². The highest BCUT2D eigenvalue weighted by atomic mass is 79.9. The standard InChI is InChI=1S/C13H12BrNO2/c1-7-4-9-8(10(14)5-7)2-3-13(9)6-11(16)15-12(13)17/h4-5H,2-3,6H2,1H3,(H,15,16,17). The minimum Gasteiger partial charge on any atom is -0.296 e.